The topological polar surface area (TPSA) is 88.9 Å². The standard InChI is InChI=1S/C21H22IN5O2S/c1-3-27-18(12-19(28)23-16-7-5-4-6-8-16)25-26-21(27)30-13-20(29)24-17-10-9-15(22)11-14(17)2/h4-11H,3,12-13H2,1-2H3,(H,23,28)(H,24,29). The molecule has 2 aromatic carbocycles. The van der Waals surface area contributed by atoms with Crippen molar-refractivity contribution in [3.05, 3.63) is 63.5 Å². The molecule has 0 saturated heterocycles. The number of thioether (sulfide) groups is 1. The molecular formula is C21H22IN5O2S. The lowest BCUT2D eigenvalue weighted by atomic mass is 10.2. The van der Waals surface area contributed by atoms with Gasteiger partial charge in [-0.1, -0.05) is 30.0 Å². The minimum atomic E-state index is -0.160. The van der Waals surface area contributed by atoms with Crippen molar-refractivity contribution in [2.75, 3.05) is 16.4 Å². The average molecular weight is 535 g/mol. The van der Waals surface area contributed by atoms with Crippen LogP contribution in [0.3, 0.4) is 0 Å². The lowest BCUT2D eigenvalue weighted by Crippen LogP contribution is -2.18. The van der Waals surface area contributed by atoms with E-state index in [1.165, 1.54) is 11.8 Å². The van der Waals surface area contributed by atoms with Gasteiger partial charge < -0.3 is 15.2 Å². The van der Waals surface area contributed by atoms with Crippen LogP contribution in [0.25, 0.3) is 0 Å². The average Bonchev–Trinajstić information content (AvgIpc) is 3.10. The number of rotatable bonds is 8. The number of benzene rings is 2. The number of aromatic nitrogens is 3. The van der Waals surface area contributed by atoms with Gasteiger partial charge in [0, 0.05) is 21.5 Å². The third kappa shape index (κ3) is 6.05. The van der Waals surface area contributed by atoms with Crippen LogP contribution in [-0.4, -0.2) is 32.3 Å². The van der Waals surface area contributed by atoms with Crippen molar-refractivity contribution in [1.29, 1.82) is 0 Å². The van der Waals surface area contributed by atoms with Gasteiger partial charge in [0.25, 0.3) is 0 Å². The molecule has 1 heterocycles. The summed E-state index contributed by atoms with van der Waals surface area (Å²) in [4.78, 5) is 24.7. The predicted octanol–water partition coefficient (Wildman–Crippen LogP) is 4.12. The number of hydrogen-bond acceptors (Lipinski definition) is 5. The summed E-state index contributed by atoms with van der Waals surface area (Å²) in [7, 11) is 0. The van der Waals surface area contributed by atoms with Crippen molar-refractivity contribution >= 4 is 57.5 Å². The first kappa shape index (κ1) is 22.3. The number of nitrogens with zero attached hydrogens (tertiary/aromatic N) is 3. The molecule has 0 saturated carbocycles. The van der Waals surface area contributed by atoms with Crippen molar-refractivity contribution in [2.45, 2.75) is 32.0 Å². The summed E-state index contributed by atoms with van der Waals surface area (Å²) in [5, 5.41) is 14.7. The van der Waals surface area contributed by atoms with Crippen molar-refractivity contribution in [2.24, 2.45) is 0 Å². The molecule has 0 aliphatic carbocycles. The van der Waals surface area contributed by atoms with Crippen molar-refractivity contribution in [1.82, 2.24) is 14.8 Å². The molecule has 30 heavy (non-hydrogen) atoms. The minimum Gasteiger partial charge on any atom is -0.326 e. The Morgan fingerprint density at radius 2 is 1.83 bits per heavy atom. The van der Waals surface area contributed by atoms with Crippen LogP contribution >= 0.6 is 34.4 Å². The first-order valence-corrected chi connectivity index (χ1v) is 11.5. The second-order valence-electron chi connectivity index (χ2n) is 6.53. The van der Waals surface area contributed by atoms with Crippen LogP contribution in [0.2, 0.25) is 0 Å². The van der Waals surface area contributed by atoms with Gasteiger partial charge in [-0.25, -0.2) is 0 Å². The van der Waals surface area contributed by atoms with Gasteiger partial charge in [-0.05, 0) is 72.3 Å². The van der Waals surface area contributed by atoms with Gasteiger partial charge in [-0.2, -0.15) is 0 Å². The largest absolute Gasteiger partial charge is 0.326 e. The Hall–Kier alpha value is -2.40. The van der Waals surface area contributed by atoms with E-state index in [4.69, 9.17) is 0 Å². The molecule has 2 amide bonds. The Bertz CT molecular complexity index is 1040. The Balaban J connectivity index is 1.58. The molecule has 0 atom stereocenters. The van der Waals surface area contributed by atoms with Gasteiger partial charge in [0.1, 0.15) is 5.82 Å². The van der Waals surface area contributed by atoms with Gasteiger partial charge >= 0.3 is 0 Å². The van der Waals surface area contributed by atoms with Gasteiger partial charge in [-0.3, -0.25) is 9.59 Å². The zero-order chi connectivity index (χ0) is 21.5. The van der Waals surface area contributed by atoms with Crippen LogP contribution in [-0.2, 0) is 22.6 Å². The van der Waals surface area contributed by atoms with Crippen LogP contribution in [0, 0.1) is 10.5 Å². The summed E-state index contributed by atoms with van der Waals surface area (Å²) in [5.41, 5.74) is 2.56. The van der Waals surface area contributed by atoms with E-state index in [9.17, 15) is 9.59 Å². The summed E-state index contributed by atoms with van der Waals surface area (Å²) in [6.45, 7) is 4.54. The number of aryl methyl sites for hydroxylation is 1. The molecule has 2 N–H and O–H groups in total. The molecule has 0 unspecified atom stereocenters. The second kappa shape index (κ2) is 10.6. The summed E-state index contributed by atoms with van der Waals surface area (Å²) in [6.07, 6.45) is 0.115. The number of anilines is 2. The monoisotopic (exact) mass is 535 g/mol. The maximum absolute atomic E-state index is 12.4. The first-order chi connectivity index (χ1) is 14.5. The summed E-state index contributed by atoms with van der Waals surface area (Å²) < 4.78 is 2.98. The Labute approximate surface area is 193 Å². The molecule has 3 rings (SSSR count). The fraction of sp³-hybridized carbons (Fsp3) is 0.238. The number of nitrogens with one attached hydrogen (secondary N) is 2. The van der Waals surface area contributed by atoms with Crippen molar-refractivity contribution < 1.29 is 9.59 Å². The number of para-hydroxylation sites is 1. The van der Waals surface area contributed by atoms with Gasteiger partial charge in [0.2, 0.25) is 11.8 Å². The summed E-state index contributed by atoms with van der Waals surface area (Å²) >= 11 is 3.55. The van der Waals surface area contributed by atoms with E-state index in [-0.39, 0.29) is 24.0 Å². The highest BCUT2D eigenvalue weighted by molar-refractivity contribution is 14.1. The fourth-order valence-electron chi connectivity index (χ4n) is 2.83. The number of carbonyl (C=O) groups excluding carboxylic acids is 2. The highest BCUT2D eigenvalue weighted by atomic mass is 127. The van der Waals surface area contributed by atoms with E-state index in [0.717, 1.165) is 20.5 Å². The SMILES string of the molecule is CCn1c(CC(=O)Nc2ccccc2)nnc1SCC(=O)Nc1ccc(I)cc1C. The second-order valence-corrected chi connectivity index (χ2v) is 8.72. The quantitative estimate of drug-likeness (QED) is 0.335. The lowest BCUT2D eigenvalue weighted by molar-refractivity contribution is -0.116. The highest BCUT2D eigenvalue weighted by Gasteiger charge is 2.16. The number of amides is 2. The lowest BCUT2D eigenvalue weighted by Gasteiger charge is -2.10. The first-order valence-electron chi connectivity index (χ1n) is 9.42. The third-order valence-corrected chi connectivity index (χ3v) is 5.92. The number of halogens is 1. The summed E-state index contributed by atoms with van der Waals surface area (Å²) in [6, 6.07) is 15.2. The number of hydrogen-bond donors (Lipinski definition) is 2. The molecule has 0 radical (unpaired) electrons. The molecule has 1 aromatic heterocycles. The van der Waals surface area contributed by atoms with Crippen LogP contribution in [0.15, 0.2) is 53.7 Å². The fourth-order valence-corrected chi connectivity index (χ4v) is 4.30. The van der Waals surface area contributed by atoms with E-state index >= 15 is 0 Å². The zero-order valence-corrected chi connectivity index (χ0v) is 19.7. The van der Waals surface area contributed by atoms with Crippen molar-refractivity contribution in [3.8, 4) is 0 Å². The minimum absolute atomic E-state index is 0.113. The molecule has 0 bridgehead atoms. The molecule has 0 spiro atoms. The third-order valence-electron chi connectivity index (χ3n) is 4.28. The van der Waals surface area contributed by atoms with Gasteiger partial charge in [0.15, 0.2) is 5.16 Å². The van der Waals surface area contributed by atoms with E-state index in [0.29, 0.717) is 17.5 Å². The Morgan fingerprint density at radius 1 is 1.07 bits per heavy atom. The Kier molecular flexibility index (Phi) is 7.86. The molecule has 9 heteroatoms. The van der Waals surface area contributed by atoms with Crippen LogP contribution < -0.4 is 10.6 Å². The maximum Gasteiger partial charge on any atom is 0.234 e. The normalized spacial score (nSPS) is 10.6. The Morgan fingerprint density at radius 3 is 2.53 bits per heavy atom. The van der Waals surface area contributed by atoms with E-state index < -0.39 is 0 Å². The maximum atomic E-state index is 12.4. The van der Waals surface area contributed by atoms with Crippen LogP contribution in [0.1, 0.15) is 18.3 Å². The van der Waals surface area contributed by atoms with Crippen LogP contribution in [0.5, 0.6) is 0 Å². The molecule has 0 aliphatic heterocycles. The van der Waals surface area contributed by atoms with Crippen molar-refractivity contribution in [3.63, 3.8) is 0 Å². The van der Waals surface area contributed by atoms with E-state index in [1.54, 1.807) is 0 Å². The zero-order valence-electron chi connectivity index (χ0n) is 16.7. The molecule has 0 fully saturated rings. The molecule has 3 aromatic rings. The molecule has 0 aliphatic rings. The van der Waals surface area contributed by atoms with Gasteiger partial charge in [0.05, 0.1) is 12.2 Å². The highest BCUT2D eigenvalue weighted by Crippen LogP contribution is 2.20. The molecule has 156 valence electrons. The smallest absolute Gasteiger partial charge is 0.234 e. The summed E-state index contributed by atoms with van der Waals surface area (Å²) in [5.74, 6) is 0.507. The van der Waals surface area contributed by atoms with E-state index in [1.807, 2.05) is 66.9 Å². The van der Waals surface area contributed by atoms with E-state index in [2.05, 4.69) is 43.4 Å². The number of carbonyl (C=O) groups is 2. The van der Waals surface area contributed by atoms with Crippen LogP contribution in [0.4, 0.5) is 11.4 Å². The molecule has 7 nitrogen and oxygen atoms in total. The van der Waals surface area contributed by atoms with Gasteiger partial charge in [-0.15, -0.1) is 10.2 Å². The molecular weight excluding hydrogens is 513 g/mol. The predicted molar refractivity (Wildman–Crippen MR) is 128 cm³/mol.